The lowest BCUT2D eigenvalue weighted by molar-refractivity contribution is 0.318. The molecule has 0 spiro atoms. The summed E-state index contributed by atoms with van der Waals surface area (Å²) in [6, 6.07) is 18.0. The Balaban J connectivity index is 1.88. The van der Waals surface area contributed by atoms with Crippen LogP contribution in [0, 0.1) is 6.92 Å². The Morgan fingerprint density at radius 2 is 1.71 bits per heavy atom. The molecule has 0 unspecified atom stereocenters. The Labute approximate surface area is 161 Å². The van der Waals surface area contributed by atoms with Crippen LogP contribution in [-0.2, 0) is 6.42 Å². The van der Waals surface area contributed by atoms with Crippen LogP contribution in [0.1, 0.15) is 22.5 Å². The van der Waals surface area contributed by atoms with E-state index in [1.165, 1.54) is 0 Å². The third-order valence-corrected chi connectivity index (χ3v) is 4.67. The van der Waals surface area contributed by atoms with Crippen molar-refractivity contribution in [3.8, 4) is 5.82 Å². The van der Waals surface area contributed by atoms with Crippen molar-refractivity contribution < 1.29 is 5.21 Å². The average molecular weight is 373 g/mol. The van der Waals surface area contributed by atoms with Crippen molar-refractivity contribution in [1.29, 1.82) is 0 Å². The second kappa shape index (κ2) is 6.99. The molecule has 0 saturated heterocycles. The van der Waals surface area contributed by atoms with Crippen LogP contribution < -0.4 is 11.5 Å². The molecule has 28 heavy (non-hydrogen) atoms. The van der Waals surface area contributed by atoms with E-state index in [1.807, 2.05) is 42.5 Å². The van der Waals surface area contributed by atoms with Crippen molar-refractivity contribution in [2.24, 2.45) is 10.9 Å². The van der Waals surface area contributed by atoms with Gasteiger partial charge in [0.1, 0.15) is 0 Å². The predicted molar refractivity (Wildman–Crippen MR) is 108 cm³/mol. The van der Waals surface area contributed by atoms with Gasteiger partial charge in [0.25, 0.3) is 0 Å². The van der Waals surface area contributed by atoms with Gasteiger partial charge in [-0.3, -0.25) is 0 Å². The second-order valence-corrected chi connectivity index (χ2v) is 6.42. The molecule has 140 valence electrons. The number of benzene rings is 2. The van der Waals surface area contributed by atoms with E-state index in [9.17, 15) is 0 Å². The molecule has 5 N–H and O–H groups in total. The first-order chi connectivity index (χ1) is 13.6. The zero-order valence-corrected chi connectivity index (χ0v) is 15.2. The fraction of sp³-hybridized carbons (Fsp3) is 0.100. The molecule has 0 aliphatic rings. The minimum absolute atomic E-state index is 0.0980. The lowest BCUT2D eigenvalue weighted by atomic mass is 10.0. The fourth-order valence-corrected chi connectivity index (χ4v) is 3.32. The summed E-state index contributed by atoms with van der Waals surface area (Å²) in [4.78, 5) is 0. The molecule has 2 aromatic carbocycles. The number of hydrogen-bond acceptors (Lipinski definition) is 6. The van der Waals surface area contributed by atoms with Gasteiger partial charge in [0, 0.05) is 17.2 Å². The fourth-order valence-electron chi connectivity index (χ4n) is 3.32. The zero-order chi connectivity index (χ0) is 19.7. The largest absolute Gasteiger partial charge is 0.409 e. The van der Waals surface area contributed by atoms with Crippen molar-refractivity contribution in [2.45, 2.75) is 13.3 Å². The lowest BCUT2D eigenvalue weighted by Gasteiger charge is -2.10. The molecule has 8 heteroatoms. The summed E-state index contributed by atoms with van der Waals surface area (Å²) in [6.07, 6.45) is 0.671. The van der Waals surface area contributed by atoms with E-state index in [2.05, 4.69) is 32.6 Å². The standard InChI is InChI=1S/C20H19N7O/c1-12-17(19(22)26-28)18(21)25-27(12)20-15-10-6-5-9-14(15)16(23-24-20)11-13-7-3-2-4-8-13/h2-10,28H,11H2,1H3,(H2,21,25)(H2,22,26). The molecule has 8 nitrogen and oxygen atoms in total. The van der Waals surface area contributed by atoms with Gasteiger partial charge in [0.15, 0.2) is 17.5 Å². The number of nitrogens with zero attached hydrogens (tertiary/aromatic N) is 5. The minimum atomic E-state index is -0.0980. The highest BCUT2D eigenvalue weighted by Crippen LogP contribution is 2.26. The number of fused-ring (bicyclic) bond motifs is 1. The van der Waals surface area contributed by atoms with Gasteiger partial charge in [-0.1, -0.05) is 59.8 Å². The van der Waals surface area contributed by atoms with Crippen molar-refractivity contribution in [3.05, 3.63) is 77.1 Å². The van der Waals surface area contributed by atoms with Crippen molar-refractivity contribution >= 4 is 22.4 Å². The van der Waals surface area contributed by atoms with Crippen LogP contribution in [0.25, 0.3) is 16.6 Å². The summed E-state index contributed by atoms with van der Waals surface area (Å²) < 4.78 is 1.57. The Morgan fingerprint density at radius 1 is 1.04 bits per heavy atom. The summed E-state index contributed by atoms with van der Waals surface area (Å²) >= 11 is 0. The van der Waals surface area contributed by atoms with E-state index in [1.54, 1.807) is 11.6 Å². The number of anilines is 1. The van der Waals surface area contributed by atoms with Crippen LogP contribution in [0.5, 0.6) is 0 Å². The zero-order valence-electron chi connectivity index (χ0n) is 15.2. The van der Waals surface area contributed by atoms with E-state index in [4.69, 9.17) is 16.7 Å². The third-order valence-electron chi connectivity index (χ3n) is 4.67. The quantitative estimate of drug-likeness (QED) is 0.218. The number of oxime groups is 1. The van der Waals surface area contributed by atoms with Gasteiger partial charge in [-0.05, 0) is 12.5 Å². The monoisotopic (exact) mass is 373 g/mol. The van der Waals surface area contributed by atoms with Crippen LogP contribution in [-0.4, -0.2) is 31.0 Å². The summed E-state index contributed by atoms with van der Waals surface area (Å²) in [6.45, 7) is 1.78. The van der Waals surface area contributed by atoms with E-state index in [-0.39, 0.29) is 11.7 Å². The minimum Gasteiger partial charge on any atom is -0.409 e. The van der Waals surface area contributed by atoms with E-state index in [0.717, 1.165) is 22.0 Å². The maximum absolute atomic E-state index is 9.01. The highest BCUT2D eigenvalue weighted by Gasteiger charge is 2.20. The first-order valence-corrected chi connectivity index (χ1v) is 8.71. The number of hydrogen-bond donors (Lipinski definition) is 3. The van der Waals surface area contributed by atoms with Crippen LogP contribution in [0.15, 0.2) is 59.8 Å². The first kappa shape index (κ1) is 17.5. The van der Waals surface area contributed by atoms with E-state index < -0.39 is 0 Å². The Hall–Kier alpha value is -3.94. The molecule has 4 rings (SSSR count). The molecule has 0 atom stereocenters. The molecule has 0 aliphatic carbocycles. The molecule has 2 aromatic heterocycles. The SMILES string of the molecule is Cc1c(/C(N)=N/O)c(N)nn1-c1nnc(Cc2ccccc2)c2ccccc12. The lowest BCUT2D eigenvalue weighted by Crippen LogP contribution is -2.16. The summed E-state index contributed by atoms with van der Waals surface area (Å²) in [5, 5.41) is 27.1. The number of rotatable bonds is 4. The summed E-state index contributed by atoms with van der Waals surface area (Å²) in [5.74, 6) is 0.597. The average Bonchev–Trinajstić information content (AvgIpc) is 3.02. The number of aromatic nitrogens is 4. The van der Waals surface area contributed by atoms with E-state index >= 15 is 0 Å². The highest BCUT2D eigenvalue weighted by molar-refractivity contribution is 6.02. The maximum Gasteiger partial charge on any atom is 0.183 e. The normalized spacial score (nSPS) is 11.8. The molecule has 0 saturated carbocycles. The molecule has 0 amide bonds. The Bertz CT molecular complexity index is 1180. The Kier molecular flexibility index (Phi) is 4.36. The Morgan fingerprint density at radius 3 is 2.43 bits per heavy atom. The smallest absolute Gasteiger partial charge is 0.183 e. The molecular weight excluding hydrogens is 354 g/mol. The molecule has 2 heterocycles. The molecule has 0 radical (unpaired) electrons. The number of nitrogens with two attached hydrogens (primary N) is 2. The number of amidine groups is 1. The maximum atomic E-state index is 9.01. The van der Waals surface area contributed by atoms with Crippen molar-refractivity contribution in [3.63, 3.8) is 0 Å². The molecule has 0 aliphatic heterocycles. The topological polar surface area (TPSA) is 128 Å². The second-order valence-electron chi connectivity index (χ2n) is 6.42. The molecule has 0 fully saturated rings. The molecule has 4 aromatic rings. The van der Waals surface area contributed by atoms with Crippen molar-refractivity contribution in [2.75, 3.05) is 5.73 Å². The summed E-state index contributed by atoms with van der Waals surface area (Å²) in [7, 11) is 0. The van der Waals surface area contributed by atoms with Crippen LogP contribution >= 0.6 is 0 Å². The van der Waals surface area contributed by atoms with Gasteiger partial charge >= 0.3 is 0 Å². The highest BCUT2D eigenvalue weighted by atomic mass is 16.4. The van der Waals surface area contributed by atoms with Gasteiger partial charge in [0.05, 0.1) is 17.0 Å². The molecule has 0 bridgehead atoms. The van der Waals surface area contributed by atoms with Crippen molar-refractivity contribution in [1.82, 2.24) is 20.0 Å². The van der Waals surface area contributed by atoms with Crippen LogP contribution in [0.3, 0.4) is 0 Å². The number of nitrogen functional groups attached to an aromatic ring is 1. The van der Waals surface area contributed by atoms with Crippen LogP contribution in [0.4, 0.5) is 5.82 Å². The first-order valence-electron chi connectivity index (χ1n) is 8.71. The molecular formula is C20H19N7O. The van der Waals surface area contributed by atoms with Gasteiger partial charge in [-0.15, -0.1) is 10.2 Å². The summed E-state index contributed by atoms with van der Waals surface area (Å²) in [5.41, 5.74) is 14.7. The van der Waals surface area contributed by atoms with Gasteiger partial charge < -0.3 is 16.7 Å². The van der Waals surface area contributed by atoms with Gasteiger partial charge in [-0.2, -0.15) is 5.10 Å². The third kappa shape index (κ3) is 2.90. The predicted octanol–water partition coefficient (Wildman–Crippen LogP) is 2.39. The van der Waals surface area contributed by atoms with E-state index in [0.29, 0.717) is 23.5 Å². The van der Waals surface area contributed by atoms with Crippen LogP contribution in [0.2, 0.25) is 0 Å². The van der Waals surface area contributed by atoms with Gasteiger partial charge in [-0.25, -0.2) is 4.68 Å². The van der Waals surface area contributed by atoms with Gasteiger partial charge in [0.2, 0.25) is 0 Å².